The number of thiophene rings is 1. The van der Waals surface area contributed by atoms with Gasteiger partial charge in [-0.15, -0.1) is 11.3 Å². The minimum absolute atomic E-state index is 0.106. The molecule has 8 heteroatoms. The number of anilines is 1. The molecule has 1 aromatic carbocycles. The summed E-state index contributed by atoms with van der Waals surface area (Å²) in [5.41, 5.74) is 0.807. The molecule has 19 heavy (non-hydrogen) atoms. The van der Waals surface area contributed by atoms with Crippen LogP contribution in [-0.4, -0.2) is 13.5 Å². The summed E-state index contributed by atoms with van der Waals surface area (Å²) < 4.78 is 27.8. The number of sulfonamides is 1. The molecule has 0 radical (unpaired) electrons. The first-order valence-electron chi connectivity index (χ1n) is 5.07. The molecule has 0 saturated carbocycles. The Balaban J connectivity index is 2.39. The molecular formula is C11H9BrClNO3S2. The lowest BCUT2D eigenvalue weighted by atomic mass is 10.3. The minimum atomic E-state index is -3.75. The van der Waals surface area contributed by atoms with Crippen molar-refractivity contribution in [3.63, 3.8) is 0 Å². The van der Waals surface area contributed by atoms with Crippen molar-refractivity contribution in [2.24, 2.45) is 0 Å². The molecule has 1 aromatic heterocycles. The fourth-order valence-corrected chi connectivity index (χ4v) is 4.48. The molecule has 1 heterocycles. The second-order valence-corrected chi connectivity index (χ2v) is 8.27. The minimum Gasteiger partial charge on any atom is -0.506 e. The van der Waals surface area contributed by atoms with E-state index in [9.17, 15) is 13.5 Å². The predicted octanol–water partition coefficient (Wildman–Crippen LogP) is 3.98. The third-order valence-corrected chi connectivity index (χ3v) is 6.19. The number of aryl methyl sites for hydroxylation is 1. The van der Waals surface area contributed by atoms with Crippen LogP contribution in [0.15, 0.2) is 32.9 Å². The van der Waals surface area contributed by atoms with Crippen LogP contribution in [0.2, 0.25) is 4.34 Å². The molecule has 0 aliphatic carbocycles. The maximum atomic E-state index is 12.1. The summed E-state index contributed by atoms with van der Waals surface area (Å²) in [7, 11) is -3.75. The quantitative estimate of drug-likeness (QED) is 0.789. The summed E-state index contributed by atoms with van der Waals surface area (Å²) in [5.74, 6) is -0.147. The first kappa shape index (κ1) is 14.6. The van der Waals surface area contributed by atoms with Gasteiger partial charge in [-0.2, -0.15) is 0 Å². The lowest BCUT2D eigenvalue weighted by molar-refractivity contribution is 0.477. The van der Waals surface area contributed by atoms with Gasteiger partial charge in [-0.25, -0.2) is 8.42 Å². The monoisotopic (exact) mass is 381 g/mol. The highest BCUT2D eigenvalue weighted by Gasteiger charge is 2.20. The molecule has 0 unspecified atom stereocenters. The van der Waals surface area contributed by atoms with Crippen LogP contribution in [0.25, 0.3) is 0 Å². The van der Waals surface area contributed by atoms with E-state index in [1.807, 2.05) is 0 Å². The van der Waals surface area contributed by atoms with Gasteiger partial charge >= 0.3 is 0 Å². The molecule has 0 atom stereocenters. The van der Waals surface area contributed by atoms with Gasteiger partial charge in [0.2, 0.25) is 0 Å². The second kappa shape index (κ2) is 5.32. The number of halogens is 2. The second-order valence-electron chi connectivity index (χ2n) is 3.79. The highest BCUT2D eigenvalue weighted by atomic mass is 79.9. The van der Waals surface area contributed by atoms with Gasteiger partial charge in [0.25, 0.3) is 10.0 Å². The number of aromatic hydroxyl groups is 1. The van der Waals surface area contributed by atoms with E-state index >= 15 is 0 Å². The lowest BCUT2D eigenvalue weighted by Crippen LogP contribution is -2.11. The van der Waals surface area contributed by atoms with E-state index in [0.29, 0.717) is 14.4 Å². The Labute approximate surface area is 128 Å². The summed E-state index contributed by atoms with van der Waals surface area (Å²) >= 11 is 10.0. The molecule has 0 spiro atoms. The van der Waals surface area contributed by atoms with Crippen molar-refractivity contribution in [1.29, 1.82) is 0 Å². The molecule has 0 aliphatic rings. The number of rotatable bonds is 3. The molecule has 0 amide bonds. The molecule has 2 aromatic rings. The molecule has 0 saturated heterocycles. The van der Waals surface area contributed by atoms with Crippen molar-refractivity contribution in [2.75, 3.05) is 4.72 Å². The average molecular weight is 383 g/mol. The van der Waals surface area contributed by atoms with Gasteiger partial charge < -0.3 is 5.11 Å². The van der Waals surface area contributed by atoms with Crippen molar-refractivity contribution >= 4 is 54.6 Å². The van der Waals surface area contributed by atoms with Crippen LogP contribution in [0.3, 0.4) is 0 Å². The number of nitrogens with one attached hydrogen (secondary N) is 1. The zero-order chi connectivity index (χ0) is 14.2. The summed E-state index contributed by atoms with van der Waals surface area (Å²) in [6.07, 6.45) is 0. The zero-order valence-corrected chi connectivity index (χ0v) is 13.6. The van der Waals surface area contributed by atoms with Crippen LogP contribution >= 0.6 is 38.9 Å². The smallest absolute Gasteiger partial charge is 0.271 e. The highest BCUT2D eigenvalue weighted by Crippen LogP contribution is 2.33. The van der Waals surface area contributed by atoms with Crippen LogP contribution in [0.1, 0.15) is 5.56 Å². The molecule has 2 N–H and O–H groups in total. The third-order valence-electron chi connectivity index (χ3n) is 2.30. The maximum Gasteiger partial charge on any atom is 0.271 e. The molecule has 2 rings (SSSR count). The van der Waals surface area contributed by atoms with Gasteiger partial charge in [-0.05, 0) is 36.8 Å². The Morgan fingerprint density at radius 3 is 2.63 bits per heavy atom. The normalized spacial score (nSPS) is 11.5. The molecule has 0 bridgehead atoms. The van der Waals surface area contributed by atoms with Crippen LogP contribution < -0.4 is 4.72 Å². The van der Waals surface area contributed by atoms with Crippen molar-refractivity contribution in [1.82, 2.24) is 0 Å². The van der Waals surface area contributed by atoms with Crippen molar-refractivity contribution in [3.05, 3.63) is 38.6 Å². The number of hydrogen-bond donors (Lipinski definition) is 2. The standard InChI is InChI=1S/C11H9BrClNO3S2/c1-6-4-10(18-11(6)13)19(16,17)14-8-5-7(12)2-3-9(8)15/h2-5,14-15H,1H3. The molecular weight excluding hydrogens is 374 g/mol. The van der Waals surface area contributed by atoms with Gasteiger partial charge in [0.15, 0.2) is 0 Å². The molecule has 102 valence electrons. The van der Waals surface area contributed by atoms with E-state index in [4.69, 9.17) is 11.6 Å². The van der Waals surface area contributed by atoms with Crippen LogP contribution in [0.5, 0.6) is 5.75 Å². The lowest BCUT2D eigenvalue weighted by Gasteiger charge is -2.08. The number of phenolic OH excluding ortho intramolecular Hbond substituents is 1. The number of benzene rings is 1. The van der Waals surface area contributed by atoms with E-state index in [1.54, 1.807) is 13.0 Å². The fourth-order valence-electron chi connectivity index (χ4n) is 1.35. The predicted molar refractivity (Wildman–Crippen MR) is 80.7 cm³/mol. The number of hydrogen-bond acceptors (Lipinski definition) is 4. The van der Waals surface area contributed by atoms with E-state index in [0.717, 1.165) is 11.3 Å². The summed E-state index contributed by atoms with van der Waals surface area (Å²) in [6, 6.07) is 5.98. The molecule has 4 nitrogen and oxygen atoms in total. The molecule has 0 fully saturated rings. The van der Waals surface area contributed by atoms with E-state index in [2.05, 4.69) is 20.7 Å². The van der Waals surface area contributed by atoms with Crippen LogP contribution in [0.4, 0.5) is 5.69 Å². The van der Waals surface area contributed by atoms with Crippen molar-refractivity contribution in [2.45, 2.75) is 11.1 Å². The Morgan fingerprint density at radius 1 is 1.37 bits per heavy atom. The summed E-state index contributed by atoms with van der Waals surface area (Å²) in [5, 5.41) is 9.63. The fraction of sp³-hybridized carbons (Fsp3) is 0.0909. The summed E-state index contributed by atoms with van der Waals surface area (Å²) in [4.78, 5) is 0. The third kappa shape index (κ3) is 3.22. The largest absolute Gasteiger partial charge is 0.506 e. The topological polar surface area (TPSA) is 66.4 Å². The van der Waals surface area contributed by atoms with E-state index in [1.165, 1.54) is 18.2 Å². The average Bonchev–Trinajstić information content (AvgIpc) is 2.65. The Hall–Kier alpha value is -0.760. The van der Waals surface area contributed by atoms with E-state index in [-0.39, 0.29) is 15.6 Å². The van der Waals surface area contributed by atoms with Crippen molar-refractivity contribution in [3.8, 4) is 5.75 Å². The Morgan fingerprint density at radius 2 is 2.05 bits per heavy atom. The maximum absolute atomic E-state index is 12.1. The van der Waals surface area contributed by atoms with Gasteiger partial charge in [-0.1, -0.05) is 27.5 Å². The van der Waals surface area contributed by atoms with Crippen LogP contribution in [-0.2, 0) is 10.0 Å². The van der Waals surface area contributed by atoms with Gasteiger partial charge in [0.05, 0.1) is 10.0 Å². The SMILES string of the molecule is Cc1cc(S(=O)(=O)Nc2cc(Br)ccc2O)sc1Cl. The zero-order valence-electron chi connectivity index (χ0n) is 9.65. The highest BCUT2D eigenvalue weighted by molar-refractivity contribution is 9.10. The van der Waals surface area contributed by atoms with Crippen LogP contribution in [0, 0.1) is 6.92 Å². The van der Waals surface area contributed by atoms with E-state index < -0.39 is 10.0 Å². The first-order valence-corrected chi connectivity index (χ1v) is 8.54. The molecule has 0 aliphatic heterocycles. The number of phenols is 1. The van der Waals surface area contributed by atoms with Crippen molar-refractivity contribution < 1.29 is 13.5 Å². The Kier molecular flexibility index (Phi) is 4.10. The Bertz CT molecular complexity index is 708. The van der Waals surface area contributed by atoms with Gasteiger partial charge in [0, 0.05) is 4.47 Å². The first-order chi connectivity index (χ1) is 8.79. The van der Waals surface area contributed by atoms with Gasteiger partial charge in [-0.3, -0.25) is 4.72 Å². The van der Waals surface area contributed by atoms with Gasteiger partial charge in [0.1, 0.15) is 9.96 Å². The summed E-state index contributed by atoms with van der Waals surface area (Å²) in [6.45, 7) is 1.73.